The molecule has 3 N–H and O–H groups in total. The summed E-state index contributed by atoms with van der Waals surface area (Å²) in [6, 6.07) is 2.51. The molecular weight excluding hydrogens is 289 g/mol. The summed E-state index contributed by atoms with van der Waals surface area (Å²) >= 11 is 1.54. The molecule has 112 valence electrons. The van der Waals surface area contributed by atoms with Gasteiger partial charge in [-0.1, -0.05) is 0 Å². The van der Waals surface area contributed by atoms with Crippen LogP contribution in [-0.4, -0.2) is 10.9 Å². The number of hydrogen-bond donors (Lipinski definition) is 2. The minimum Gasteiger partial charge on any atom is -0.398 e. The number of nitrogen functional groups attached to an aromatic ring is 1. The van der Waals surface area contributed by atoms with Crippen molar-refractivity contribution in [3.63, 3.8) is 0 Å². The first-order chi connectivity index (χ1) is 9.79. The Morgan fingerprint density at radius 3 is 2.57 bits per heavy atom. The second-order valence-electron chi connectivity index (χ2n) is 5.05. The van der Waals surface area contributed by atoms with Gasteiger partial charge in [-0.2, -0.15) is 0 Å². The maximum atomic E-state index is 13.7. The van der Waals surface area contributed by atoms with Gasteiger partial charge < -0.3 is 11.1 Å². The molecule has 1 heterocycles. The van der Waals surface area contributed by atoms with E-state index in [0.717, 1.165) is 15.6 Å². The summed E-state index contributed by atoms with van der Waals surface area (Å²) in [6.45, 7) is 7.29. The van der Waals surface area contributed by atoms with Crippen LogP contribution in [0.1, 0.15) is 44.5 Å². The van der Waals surface area contributed by atoms with Crippen LogP contribution in [0.15, 0.2) is 12.1 Å². The molecule has 0 aliphatic carbocycles. The van der Waals surface area contributed by atoms with Crippen LogP contribution < -0.4 is 11.1 Å². The number of nitrogens with one attached hydrogen (secondary N) is 1. The third-order valence-corrected chi connectivity index (χ3v) is 4.58. The number of benzene rings is 1. The third-order valence-electron chi connectivity index (χ3n) is 3.33. The van der Waals surface area contributed by atoms with E-state index < -0.39 is 5.82 Å². The molecule has 0 aliphatic rings. The average molecular weight is 307 g/mol. The molecular formula is C15H18FN3OS. The van der Waals surface area contributed by atoms with Crippen LogP contribution in [0.25, 0.3) is 0 Å². The van der Waals surface area contributed by atoms with Crippen LogP contribution in [-0.2, 0) is 0 Å². The van der Waals surface area contributed by atoms with E-state index in [2.05, 4.69) is 10.3 Å². The molecule has 0 saturated heterocycles. The number of halogens is 1. The average Bonchev–Trinajstić information content (AvgIpc) is 2.74. The summed E-state index contributed by atoms with van der Waals surface area (Å²) in [4.78, 5) is 17.6. The van der Waals surface area contributed by atoms with Crippen molar-refractivity contribution in [2.45, 2.75) is 33.7 Å². The molecule has 0 fully saturated rings. The minimum absolute atomic E-state index is 0.186. The number of amides is 1. The maximum absolute atomic E-state index is 13.7. The Morgan fingerprint density at radius 2 is 2.05 bits per heavy atom. The predicted octanol–water partition coefficient (Wildman–Crippen LogP) is 3.28. The van der Waals surface area contributed by atoms with Crippen LogP contribution >= 0.6 is 11.3 Å². The summed E-state index contributed by atoms with van der Waals surface area (Å²) in [6.07, 6.45) is 0. The SMILES string of the molecule is Cc1nc(C)c(C(C)NC(=O)c2cc(N)c(C)c(F)c2)s1. The van der Waals surface area contributed by atoms with Gasteiger partial charge in [0.2, 0.25) is 0 Å². The van der Waals surface area contributed by atoms with Gasteiger partial charge in [0.15, 0.2) is 0 Å². The van der Waals surface area contributed by atoms with Crippen molar-refractivity contribution in [1.82, 2.24) is 10.3 Å². The highest BCUT2D eigenvalue weighted by atomic mass is 32.1. The topological polar surface area (TPSA) is 68.0 Å². The third kappa shape index (κ3) is 3.21. The van der Waals surface area contributed by atoms with Gasteiger partial charge in [0.1, 0.15) is 5.82 Å². The molecule has 0 bridgehead atoms. The van der Waals surface area contributed by atoms with Gasteiger partial charge in [0, 0.05) is 21.7 Å². The number of carbonyl (C=O) groups excluding carboxylic acids is 1. The number of carbonyl (C=O) groups is 1. The highest BCUT2D eigenvalue weighted by molar-refractivity contribution is 7.11. The lowest BCUT2D eigenvalue weighted by molar-refractivity contribution is 0.0940. The molecule has 21 heavy (non-hydrogen) atoms. The number of nitrogens with zero attached hydrogens (tertiary/aromatic N) is 1. The fourth-order valence-electron chi connectivity index (χ4n) is 2.13. The van der Waals surface area contributed by atoms with Crippen molar-refractivity contribution in [3.8, 4) is 0 Å². The molecule has 2 aromatic rings. The van der Waals surface area contributed by atoms with Crippen molar-refractivity contribution < 1.29 is 9.18 Å². The first kappa shape index (κ1) is 15.4. The summed E-state index contributed by atoms with van der Waals surface area (Å²) in [5.41, 5.74) is 7.46. The number of hydrogen-bond acceptors (Lipinski definition) is 4. The van der Waals surface area contributed by atoms with Gasteiger partial charge in [0.25, 0.3) is 5.91 Å². The van der Waals surface area contributed by atoms with E-state index in [9.17, 15) is 9.18 Å². The van der Waals surface area contributed by atoms with E-state index in [-0.39, 0.29) is 23.2 Å². The lowest BCUT2D eigenvalue weighted by Crippen LogP contribution is -2.26. The minimum atomic E-state index is -0.474. The monoisotopic (exact) mass is 307 g/mol. The Balaban J connectivity index is 2.20. The Morgan fingerprint density at radius 1 is 1.38 bits per heavy atom. The quantitative estimate of drug-likeness (QED) is 0.855. The molecule has 0 radical (unpaired) electrons. The first-order valence-corrected chi connectivity index (χ1v) is 7.41. The van der Waals surface area contributed by atoms with Crippen molar-refractivity contribution >= 4 is 22.9 Å². The van der Waals surface area contributed by atoms with Crippen molar-refractivity contribution in [2.75, 3.05) is 5.73 Å². The molecule has 6 heteroatoms. The molecule has 0 aliphatic heterocycles. The highest BCUT2D eigenvalue weighted by Crippen LogP contribution is 2.25. The molecule has 1 amide bonds. The van der Waals surface area contributed by atoms with Crippen LogP contribution in [0, 0.1) is 26.6 Å². The Labute approximate surface area is 127 Å². The molecule has 0 saturated carbocycles. The fraction of sp³-hybridized carbons (Fsp3) is 0.333. The Bertz CT molecular complexity index is 673. The van der Waals surface area contributed by atoms with Gasteiger partial charge in [-0.15, -0.1) is 11.3 Å². The molecule has 2 rings (SSSR count). The van der Waals surface area contributed by atoms with Gasteiger partial charge in [-0.3, -0.25) is 4.79 Å². The Kier molecular flexibility index (Phi) is 4.27. The fourth-order valence-corrected chi connectivity index (χ4v) is 3.06. The summed E-state index contributed by atoms with van der Waals surface area (Å²) in [7, 11) is 0. The van der Waals surface area contributed by atoms with E-state index in [1.54, 1.807) is 18.3 Å². The summed E-state index contributed by atoms with van der Waals surface area (Å²) < 4.78 is 13.7. The van der Waals surface area contributed by atoms with E-state index >= 15 is 0 Å². The number of nitrogens with two attached hydrogens (primary N) is 1. The number of anilines is 1. The number of rotatable bonds is 3. The van der Waals surface area contributed by atoms with Gasteiger partial charge in [-0.25, -0.2) is 9.37 Å². The lowest BCUT2D eigenvalue weighted by Gasteiger charge is -2.14. The largest absolute Gasteiger partial charge is 0.398 e. The van der Waals surface area contributed by atoms with Crippen LogP contribution in [0.5, 0.6) is 0 Å². The zero-order chi connectivity index (χ0) is 15.7. The molecule has 1 aromatic heterocycles. The highest BCUT2D eigenvalue weighted by Gasteiger charge is 2.17. The zero-order valence-corrected chi connectivity index (χ0v) is 13.3. The number of aromatic nitrogens is 1. The van der Waals surface area contributed by atoms with Crippen LogP contribution in [0.4, 0.5) is 10.1 Å². The second kappa shape index (κ2) is 5.81. The van der Waals surface area contributed by atoms with E-state index in [1.807, 2.05) is 20.8 Å². The van der Waals surface area contributed by atoms with Gasteiger partial charge in [-0.05, 0) is 39.8 Å². The normalized spacial score (nSPS) is 12.2. The second-order valence-corrected chi connectivity index (χ2v) is 6.28. The summed E-state index contributed by atoms with van der Waals surface area (Å²) in [5, 5.41) is 3.80. The Hall–Kier alpha value is -1.95. The van der Waals surface area contributed by atoms with Crippen molar-refractivity contribution in [1.29, 1.82) is 0 Å². The number of aryl methyl sites for hydroxylation is 2. The molecule has 0 spiro atoms. The zero-order valence-electron chi connectivity index (χ0n) is 12.5. The molecule has 4 nitrogen and oxygen atoms in total. The standard InChI is InChI=1S/C15H18FN3OS/c1-7-12(16)5-11(6-13(7)17)15(20)19-9(3)14-8(2)18-10(4)21-14/h5-6,9H,17H2,1-4H3,(H,19,20). The van der Waals surface area contributed by atoms with E-state index in [0.29, 0.717) is 5.56 Å². The first-order valence-electron chi connectivity index (χ1n) is 6.60. The van der Waals surface area contributed by atoms with Crippen LogP contribution in [0.2, 0.25) is 0 Å². The van der Waals surface area contributed by atoms with E-state index in [4.69, 9.17) is 5.73 Å². The lowest BCUT2D eigenvalue weighted by atomic mass is 10.1. The van der Waals surface area contributed by atoms with E-state index in [1.165, 1.54) is 12.1 Å². The summed E-state index contributed by atoms with van der Waals surface area (Å²) in [5.74, 6) is -0.823. The van der Waals surface area contributed by atoms with Crippen molar-refractivity contribution in [3.05, 3.63) is 44.7 Å². The van der Waals surface area contributed by atoms with Gasteiger partial charge in [0.05, 0.1) is 16.7 Å². The number of thiazole rings is 1. The molecule has 1 unspecified atom stereocenters. The molecule has 1 aromatic carbocycles. The van der Waals surface area contributed by atoms with Crippen molar-refractivity contribution in [2.24, 2.45) is 0 Å². The smallest absolute Gasteiger partial charge is 0.251 e. The predicted molar refractivity (Wildman–Crippen MR) is 83.0 cm³/mol. The molecule has 1 atom stereocenters. The van der Waals surface area contributed by atoms with Crippen LogP contribution in [0.3, 0.4) is 0 Å². The maximum Gasteiger partial charge on any atom is 0.251 e. The van der Waals surface area contributed by atoms with Gasteiger partial charge >= 0.3 is 0 Å².